The number of hydrogen-bond donors (Lipinski definition) is 1. The van der Waals surface area contributed by atoms with Crippen LogP contribution < -0.4 is 5.32 Å². The number of fused-ring (bicyclic) bond motifs is 1. The molecular weight excluding hydrogens is 192 g/mol. The van der Waals surface area contributed by atoms with Crippen molar-refractivity contribution in [3.8, 4) is 0 Å². The molecule has 1 heterocycles. The van der Waals surface area contributed by atoms with Gasteiger partial charge >= 0.3 is 0 Å². The summed E-state index contributed by atoms with van der Waals surface area (Å²) >= 11 is 1.56. The van der Waals surface area contributed by atoms with E-state index < -0.39 is 0 Å². The third kappa shape index (κ3) is 1.94. The Bertz CT molecular complexity index is 422. The van der Waals surface area contributed by atoms with Crippen LogP contribution in [0.25, 0.3) is 10.1 Å². The predicted octanol–water partition coefficient (Wildman–Crippen LogP) is 2.45. The van der Waals surface area contributed by atoms with Crippen LogP contribution in [0.4, 0.5) is 0 Å². The molecule has 0 amide bonds. The summed E-state index contributed by atoms with van der Waals surface area (Å²) in [6.45, 7) is 2.19. The van der Waals surface area contributed by atoms with Gasteiger partial charge in [-0.3, -0.25) is 0 Å². The van der Waals surface area contributed by atoms with Gasteiger partial charge in [0.1, 0.15) is 0 Å². The van der Waals surface area contributed by atoms with E-state index in [1.807, 2.05) is 13.2 Å². The highest BCUT2D eigenvalue weighted by atomic mass is 32.1. The van der Waals surface area contributed by atoms with Crippen LogP contribution in [0.1, 0.15) is 12.5 Å². The molecule has 0 radical (unpaired) electrons. The van der Waals surface area contributed by atoms with Crippen molar-refractivity contribution < 1.29 is 0 Å². The fourth-order valence-electron chi connectivity index (χ4n) is 1.50. The average Bonchev–Trinajstić information content (AvgIpc) is 2.64. The summed E-state index contributed by atoms with van der Waals surface area (Å²) in [4.78, 5) is 0. The van der Waals surface area contributed by atoms with Gasteiger partial charge in [-0.25, -0.2) is 0 Å². The van der Waals surface area contributed by atoms with Crippen LogP contribution in [0.15, 0.2) is 24.4 Å². The fraction of sp³-hybridized carbons (Fsp3) is 0.364. The van der Waals surface area contributed by atoms with Gasteiger partial charge in [-0.1, -0.05) is 6.07 Å². The number of nitrogens with one attached hydrogen (secondary N) is 1. The highest BCUT2D eigenvalue weighted by Gasteiger charge is 2.02. The van der Waals surface area contributed by atoms with Gasteiger partial charge in [0.05, 0.1) is 4.70 Å². The average molecular weight is 206 g/mol. The quantitative estimate of drug-likeness (QED) is 0.834. The first kappa shape index (κ1) is 9.62. The van der Waals surface area contributed by atoms with Crippen LogP contribution in [0.5, 0.6) is 0 Å². The highest BCUT2D eigenvalue weighted by Crippen LogP contribution is 2.19. The van der Waals surface area contributed by atoms with E-state index >= 15 is 0 Å². The van der Waals surface area contributed by atoms with E-state index in [0.717, 1.165) is 6.42 Å². The lowest BCUT2D eigenvalue weighted by Crippen LogP contribution is -2.23. The minimum Gasteiger partial charge on any atom is -0.317 e. The largest absolute Gasteiger partial charge is 0.317 e. The number of hydrogen-bond acceptors (Lipinski definition) is 3. The second kappa shape index (κ2) is 4.07. The maximum absolute atomic E-state index is 4.17. The molecule has 0 fully saturated rings. The second-order valence-electron chi connectivity index (χ2n) is 3.59. The van der Waals surface area contributed by atoms with Crippen LogP contribution in [-0.4, -0.2) is 17.5 Å². The topological polar surface area (TPSA) is 24.9 Å². The van der Waals surface area contributed by atoms with Gasteiger partial charge in [0.15, 0.2) is 0 Å². The van der Waals surface area contributed by atoms with Crippen LogP contribution in [0.3, 0.4) is 0 Å². The first-order valence-corrected chi connectivity index (χ1v) is 5.57. The molecule has 1 N–H and O–H groups in total. The molecule has 1 aromatic heterocycles. The molecule has 3 heteroatoms. The lowest BCUT2D eigenvalue weighted by Gasteiger charge is -2.09. The van der Waals surface area contributed by atoms with E-state index in [4.69, 9.17) is 0 Å². The third-order valence-corrected chi connectivity index (χ3v) is 3.23. The zero-order chi connectivity index (χ0) is 9.97. The summed E-state index contributed by atoms with van der Waals surface area (Å²) in [5.74, 6) is 0. The Morgan fingerprint density at radius 3 is 3.14 bits per heavy atom. The molecule has 0 bridgehead atoms. The Morgan fingerprint density at radius 2 is 2.36 bits per heavy atom. The maximum atomic E-state index is 4.17. The SMILES string of the molecule is CNC(C)Cc1ccc2sncc2c1. The summed E-state index contributed by atoms with van der Waals surface area (Å²) in [7, 11) is 2.00. The molecular formula is C11H14N2S. The summed E-state index contributed by atoms with van der Waals surface area (Å²) in [6, 6.07) is 7.10. The van der Waals surface area contributed by atoms with E-state index in [0.29, 0.717) is 6.04 Å². The fourth-order valence-corrected chi connectivity index (χ4v) is 2.13. The summed E-state index contributed by atoms with van der Waals surface area (Å²) in [5.41, 5.74) is 1.37. The third-order valence-electron chi connectivity index (χ3n) is 2.45. The number of rotatable bonds is 3. The van der Waals surface area contributed by atoms with Crippen molar-refractivity contribution in [2.75, 3.05) is 7.05 Å². The standard InChI is InChI=1S/C11H14N2S/c1-8(12-2)5-9-3-4-11-10(6-9)7-13-14-11/h3-4,6-8,12H,5H2,1-2H3. The first-order chi connectivity index (χ1) is 6.79. The molecule has 14 heavy (non-hydrogen) atoms. The zero-order valence-corrected chi connectivity index (χ0v) is 9.27. The lowest BCUT2D eigenvalue weighted by molar-refractivity contribution is 0.609. The summed E-state index contributed by atoms with van der Waals surface area (Å²) in [6.07, 6.45) is 3.01. The van der Waals surface area contributed by atoms with Crippen molar-refractivity contribution in [1.82, 2.24) is 9.69 Å². The van der Waals surface area contributed by atoms with E-state index in [1.165, 1.54) is 15.6 Å². The van der Waals surface area contributed by atoms with Crippen molar-refractivity contribution >= 4 is 21.6 Å². The van der Waals surface area contributed by atoms with Crippen molar-refractivity contribution in [2.45, 2.75) is 19.4 Å². The molecule has 0 aliphatic carbocycles. The molecule has 1 atom stereocenters. The van der Waals surface area contributed by atoms with Gasteiger partial charge in [-0.2, -0.15) is 4.37 Å². The summed E-state index contributed by atoms with van der Waals surface area (Å²) < 4.78 is 5.44. The zero-order valence-electron chi connectivity index (χ0n) is 8.45. The smallest absolute Gasteiger partial charge is 0.0550 e. The minimum atomic E-state index is 0.527. The molecule has 0 aliphatic rings. The maximum Gasteiger partial charge on any atom is 0.0550 e. The predicted molar refractivity (Wildman–Crippen MR) is 61.8 cm³/mol. The molecule has 0 saturated heterocycles. The van der Waals surface area contributed by atoms with Crippen LogP contribution in [-0.2, 0) is 6.42 Å². The van der Waals surface area contributed by atoms with Crippen LogP contribution >= 0.6 is 11.5 Å². The Hall–Kier alpha value is -0.930. The van der Waals surface area contributed by atoms with Crippen molar-refractivity contribution in [1.29, 1.82) is 0 Å². The first-order valence-electron chi connectivity index (χ1n) is 4.80. The molecule has 2 nitrogen and oxygen atoms in total. The second-order valence-corrected chi connectivity index (χ2v) is 4.43. The van der Waals surface area contributed by atoms with E-state index in [-0.39, 0.29) is 0 Å². The van der Waals surface area contributed by atoms with Gasteiger partial charge in [-0.05, 0) is 49.6 Å². The van der Waals surface area contributed by atoms with E-state index in [1.54, 1.807) is 11.5 Å². The van der Waals surface area contributed by atoms with Gasteiger partial charge < -0.3 is 5.32 Å². The van der Waals surface area contributed by atoms with Crippen molar-refractivity contribution in [3.63, 3.8) is 0 Å². The molecule has 1 unspecified atom stereocenters. The van der Waals surface area contributed by atoms with Crippen molar-refractivity contribution in [3.05, 3.63) is 30.0 Å². The van der Waals surface area contributed by atoms with Gasteiger partial charge in [0.2, 0.25) is 0 Å². The Balaban J connectivity index is 2.25. The van der Waals surface area contributed by atoms with E-state index in [9.17, 15) is 0 Å². The normalized spacial score (nSPS) is 13.3. The Labute approximate surface area is 88.1 Å². The summed E-state index contributed by atoms with van der Waals surface area (Å²) in [5, 5.41) is 4.50. The number of benzene rings is 1. The monoisotopic (exact) mass is 206 g/mol. The van der Waals surface area contributed by atoms with Gasteiger partial charge in [-0.15, -0.1) is 0 Å². The Morgan fingerprint density at radius 1 is 1.50 bits per heavy atom. The molecule has 2 aromatic rings. The molecule has 74 valence electrons. The molecule has 1 aromatic carbocycles. The molecule has 0 spiro atoms. The lowest BCUT2D eigenvalue weighted by atomic mass is 10.1. The van der Waals surface area contributed by atoms with Gasteiger partial charge in [0, 0.05) is 17.6 Å². The highest BCUT2D eigenvalue weighted by molar-refractivity contribution is 7.13. The molecule has 0 saturated carbocycles. The van der Waals surface area contributed by atoms with Crippen LogP contribution in [0, 0.1) is 0 Å². The van der Waals surface area contributed by atoms with Crippen molar-refractivity contribution in [2.24, 2.45) is 0 Å². The minimum absolute atomic E-state index is 0.527. The number of aromatic nitrogens is 1. The number of likely N-dealkylation sites (N-methyl/N-ethyl adjacent to an activating group) is 1. The molecule has 0 aliphatic heterocycles. The Kier molecular flexibility index (Phi) is 2.79. The van der Waals surface area contributed by atoms with Gasteiger partial charge in [0.25, 0.3) is 0 Å². The number of nitrogens with zero attached hydrogens (tertiary/aromatic N) is 1. The van der Waals surface area contributed by atoms with E-state index in [2.05, 4.69) is 34.8 Å². The van der Waals surface area contributed by atoms with Crippen LogP contribution in [0.2, 0.25) is 0 Å². The molecule has 2 rings (SSSR count).